The monoisotopic (exact) mass is 458 g/mol. The number of carbonyl (C=O) groups excluding carboxylic acids is 1. The van der Waals surface area contributed by atoms with Crippen LogP contribution in [0, 0.1) is 18.6 Å². The van der Waals surface area contributed by atoms with Crippen molar-refractivity contribution in [2.45, 2.75) is 13.0 Å². The highest BCUT2D eigenvalue weighted by Gasteiger charge is 2.32. The number of nitrogens with one attached hydrogen (secondary N) is 1. The van der Waals surface area contributed by atoms with Crippen LogP contribution in [0.15, 0.2) is 78.9 Å². The summed E-state index contributed by atoms with van der Waals surface area (Å²) in [6, 6.07) is 20.4. The molecule has 1 aliphatic rings. The molecule has 9 heteroatoms. The van der Waals surface area contributed by atoms with Gasteiger partial charge in [-0.05, 0) is 46.7 Å². The third-order valence-corrected chi connectivity index (χ3v) is 5.58. The number of carbonyl (C=O) groups is 1. The standard InChI is InChI=1S/C25H20F2N6O/c1-16-7-9-18(10-8-16)23-14-22(17-5-3-2-4-6-17)32(25-29-30-31-33(23)25)15-24(34)28-21-12-11-19(26)13-20(21)27/h2-14,23H,15H2,1H3,(H,28,34)/t23-/m1/s1. The lowest BCUT2D eigenvalue weighted by Crippen LogP contribution is -2.37. The summed E-state index contributed by atoms with van der Waals surface area (Å²) in [6.45, 7) is 1.83. The predicted molar refractivity (Wildman–Crippen MR) is 124 cm³/mol. The summed E-state index contributed by atoms with van der Waals surface area (Å²) in [5, 5.41) is 14.7. The number of aryl methyl sites for hydroxylation is 1. The van der Waals surface area contributed by atoms with Crippen LogP contribution in [-0.4, -0.2) is 32.7 Å². The number of hydrogen-bond donors (Lipinski definition) is 1. The molecule has 4 aromatic rings. The van der Waals surface area contributed by atoms with E-state index in [9.17, 15) is 13.6 Å². The molecule has 2 heterocycles. The van der Waals surface area contributed by atoms with E-state index in [1.165, 1.54) is 6.07 Å². The Hall–Kier alpha value is -4.40. The van der Waals surface area contributed by atoms with Crippen molar-refractivity contribution in [1.82, 2.24) is 20.2 Å². The maximum Gasteiger partial charge on any atom is 0.251 e. The van der Waals surface area contributed by atoms with Gasteiger partial charge in [-0.1, -0.05) is 65.3 Å². The first kappa shape index (κ1) is 21.4. The van der Waals surface area contributed by atoms with Gasteiger partial charge in [-0.15, -0.1) is 0 Å². The van der Waals surface area contributed by atoms with Crippen LogP contribution < -0.4 is 10.2 Å². The topological polar surface area (TPSA) is 75.9 Å². The van der Waals surface area contributed by atoms with Crippen molar-refractivity contribution in [2.75, 3.05) is 16.8 Å². The number of fused-ring (bicyclic) bond motifs is 1. The minimum Gasteiger partial charge on any atom is -0.322 e. The molecule has 0 radical (unpaired) electrons. The molecule has 5 rings (SSSR count). The first-order chi connectivity index (χ1) is 16.5. The molecule has 0 saturated carbocycles. The highest BCUT2D eigenvalue weighted by atomic mass is 19.1. The first-order valence-corrected chi connectivity index (χ1v) is 10.6. The second kappa shape index (κ2) is 8.86. The van der Waals surface area contributed by atoms with Crippen LogP contribution in [0.5, 0.6) is 0 Å². The van der Waals surface area contributed by atoms with Crippen molar-refractivity contribution in [1.29, 1.82) is 0 Å². The lowest BCUT2D eigenvalue weighted by Gasteiger charge is -2.32. The highest BCUT2D eigenvalue weighted by Crippen LogP contribution is 2.36. The minimum atomic E-state index is -0.852. The number of benzene rings is 3. The second-order valence-corrected chi connectivity index (χ2v) is 7.96. The molecule has 0 bridgehead atoms. The van der Waals surface area contributed by atoms with Gasteiger partial charge in [0.05, 0.1) is 11.4 Å². The molecule has 3 aromatic carbocycles. The van der Waals surface area contributed by atoms with E-state index >= 15 is 0 Å². The zero-order valence-electron chi connectivity index (χ0n) is 18.2. The van der Waals surface area contributed by atoms with Gasteiger partial charge in [-0.3, -0.25) is 9.69 Å². The van der Waals surface area contributed by atoms with Crippen LogP contribution in [0.2, 0.25) is 0 Å². The first-order valence-electron chi connectivity index (χ1n) is 10.6. The zero-order valence-corrected chi connectivity index (χ0v) is 18.2. The lowest BCUT2D eigenvalue weighted by atomic mass is 10.00. The normalized spacial score (nSPS) is 15.0. The number of aromatic nitrogens is 4. The summed E-state index contributed by atoms with van der Waals surface area (Å²) < 4.78 is 28.9. The molecule has 170 valence electrons. The van der Waals surface area contributed by atoms with E-state index in [0.717, 1.165) is 34.5 Å². The minimum absolute atomic E-state index is 0.106. The van der Waals surface area contributed by atoms with E-state index in [-0.39, 0.29) is 18.3 Å². The van der Waals surface area contributed by atoms with Crippen LogP contribution in [0.25, 0.3) is 5.70 Å². The smallest absolute Gasteiger partial charge is 0.251 e. The number of allylic oxidation sites excluding steroid dienone is 1. The van der Waals surface area contributed by atoms with Crippen LogP contribution in [0.3, 0.4) is 0 Å². The third kappa shape index (κ3) is 4.15. The van der Waals surface area contributed by atoms with E-state index in [0.29, 0.717) is 5.95 Å². The molecule has 1 aromatic heterocycles. The Morgan fingerprint density at radius 2 is 1.79 bits per heavy atom. The number of nitrogens with zero attached hydrogens (tertiary/aromatic N) is 5. The van der Waals surface area contributed by atoms with Gasteiger partial charge in [-0.25, -0.2) is 8.78 Å². The molecule has 34 heavy (non-hydrogen) atoms. The molecular formula is C25H20F2N6O. The molecule has 0 fully saturated rings. The lowest BCUT2D eigenvalue weighted by molar-refractivity contribution is -0.114. The average Bonchev–Trinajstić information content (AvgIpc) is 3.33. The van der Waals surface area contributed by atoms with Gasteiger partial charge in [0.15, 0.2) is 0 Å². The Kier molecular flexibility index (Phi) is 5.59. The Morgan fingerprint density at radius 1 is 1.03 bits per heavy atom. The largest absolute Gasteiger partial charge is 0.322 e. The number of hydrogen-bond acceptors (Lipinski definition) is 5. The van der Waals surface area contributed by atoms with Crippen LogP contribution >= 0.6 is 0 Å². The number of anilines is 2. The second-order valence-electron chi connectivity index (χ2n) is 7.96. The van der Waals surface area contributed by atoms with E-state index in [1.54, 1.807) is 9.58 Å². The molecule has 1 aliphatic heterocycles. The van der Waals surface area contributed by atoms with Gasteiger partial charge < -0.3 is 5.32 Å². The van der Waals surface area contributed by atoms with Gasteiger partial charge in [-0.2, -0.15) is 4.68 Å². The SMILES string of the molecule is Cc1ccc([C@H]2C=C(c3ccccc3)N(CC(=O)Nc3ccc(F)cc3F)c3nnnn32)cc1. The molecule has 0 saturated heterocycles. The summed E-state index contributed by atoms with van der Waals surface area (Å²) in [5.41, 5.74) is 3.63. The van der Waals surface area contributed by atoms with Crippen molar-refractivity contribution in [3.63, 3.8) is 0 Å². The van der Waals surface area contributed by atoms with Crippen molar-refractivity contribution in [3.05, 3.63) is 107 Å². The maximum atomic E-state index is 14.1. The van der Waals surface area contributed by atoms with Crippen molar-refractivity contribution in [3.8, 4) is 0 Å². The molecule has 0 aliphatic carbocycles. The van der Waals surface area contributed by atoms with Crippen LogP contribution in [0.1, 0.15) is 22.7 Å². The molecule has 1 amide bonds. The van der Waals surface area contributed by atoms with E-state index in [2.05, 4.69) is 20.8 Å². The number of halogens is 2. The molecule has 1 atom stereocenters. The van der Waals surface area contributed by atoms with E-state index < -0.39 is 17.5 Å². The quantitative estimate of drug-likeness (QED) is 0.481. The average molecular weight is 458 g/mol. The van der Waals surface area contributed by atoms with Crippen LogP contribution in [0.4, 0.5) is 20.4 Å². The summed E-state index contributed by atoms with van der Waals surface area (Å²) in [4.78, 5) is 14.6. The van der Waals surface area contributed by atoms with Gasteiger partial charge in [0.2, 0.25) is 5.91 Å². The fourth-order valence-corrected chi connectivity index (χ4v) is 3.91. The zero-order chi connectivity index (χ0) is 23.7. The Bertz CT molecular complexity index is 1370. The van der Waals surface area contributed by atoms with E-state index in [4.69, 9.17) is 0 Å². The Labute approximate surface area is 194 Å². The van der Waals surface area contributed by atoms with Gasteiger partial charge in [0, 0.05) is 6.07 Å². The van der Waals surface area contributed by atoms with Crippen molar-refractivity contribution in [2.24, 2.45) is 0 Å². The molecule has 1 N–H and O–H groups in total. The number of rotatable bonds is 5. The summed E-state index contributed by atoms with van der Waals surface area (Å²) >= 11 is 0. The molecule has 0 unspecified atom stereocenters. The Morgan fingerprint density at radius 3 is 2.53 bits per heavy atom. The summed E-state index contributed by atoms with van der Waals surface area (Å²) in [5.74, 6) is -1.70. The molecular weight excluding hydrogens is 438 g/mol. The molecule has 7 nitrogen and oxygen atoms in total. The predicted octanol–water partition coefficient (Wildman–Crippen LogP) is 4.35. The fraction of sp³-hybridized carbons (Fsp3) is 0.120. The highest BCUT2D eigenvalue weighted by molar-refractivity contribution is 5.97. The third-order valence-electron chi connectivity index (χ3n) is 5.58. The van der Waals surface area contributed by atoms with Crippen molar-refractivity contribution >= 4 is 23.2 Å². The summed E-state index contributed by atoms with van der Waals surface area (Å²) in [7, 11) is 0. The number of amides is 1. The van der Waals surface area contributed by atoms with Gasteiger partial charge >= 0.3 is 0 Å². The molecule has 0 spiro atoms. The van der Waals surface area contributed by atoms with Gasteiger partial charge in [0.25, 0.3) is 5.95 Å². The van der Waals surface area contributed by atoms with Crippen LogP contribution in [-0.2, 0) is 4.79 Å². The maximum absolute atomic E-state index is 14.1. The van der Waals surface area contributed by atoms with Gasteiger partial charge in [0.1, 0.15) is 24.2 Å². The summed E-state index contributed by atoms with van der Waals surface area (Å²) in [6.07, 6.45) is 2.00. The van der Waals surface area contributed by atoms with Crippen molar-refractivity contribution < 1.29 is 13.6 Å². The number of tetrazole rings is 1. The Balaban J connectivity index is 1.52. The van der Waals surface area contributed by atoms with E-state index in [1.807, 2.05) is 67.6 Å². The fourth-order valence-electron chi connectivity index (χ4n) is 3.91.